The van der Waals surface area contributed by atoms with E-state index in [1.165, 1.54) is 12.1 Å². The minimum atomic E-state index is -0.299. The van der Waals surface area contributed by atoms with Gasteiger partial charge in [-0.1, -0.05) is 36.0 Å². The molecule has 2 aromatic carbocycles. The van der Waals surface area contributed by atoms with Crippen molar-refractivity contribution in [2.45, 2.75) is 17.0 Å². The van der Waals surface area contributed by atoms with Gasteiger partial charge in [-0.05, 0) is 29.8 Å². The molecule has 3 aromatic rings. The maximum atomic E-state index is 13.0. The third-order valence-electron chi connectivity index (χ3n) is 3.95. The van der Waals surface area contributed by atoms with Crippen molar-refractivity contribution in [1.82, 2.24) is 14.8 Å². The lowest BCUT2D eigenvalue weighted by Gasteiger charge is -2.25. The maximum absolute atomic E-state index is 13.0. The maximum Gasteiger partial charge on any atom is 0.192 e. The smallest absolute Gasteiger partial charge is 0.192 e. The first kappa shape index (κ1) is 16.0. The van der Waals surface area contributed by atoms with Crippen LogP contribution in [-0.2, 0) is 12.8 Å². The second-order valence-electron chi connectivity index (χ2n) is 5.68. The van der Waals surface area contributed by atoms with Gasteiger partial charge in [0.2, 0.25) is 0 Å². The minimum absolute atomic E-state index is 0.232. The Bertz CT molecular complexity index is 882. The van der Waals surface area contributed by atoms with Crippen LogP contribution in [-0.4, -0.2) is 21.4 Å². The van der Waals surface area contributed by atoms with Gasteiger partial charge in [0.25, 0.3) is 0 Å². The zero-order chi connectivity index (χ0) is 17.2. The van der Waals surface area contributed by atoms with E-state index in [0.29, 0.717) is 18.1 Å². The van der Waals surface area contributed by atoms with Crippen molar-refractivity contribution in [3.8, 4) is 11.5 Å². The number of halogens is 1. The van der Waals surface area contributed by atoms with E-state index in [0.717, 1.165) is 22.3 Å². The van der Waals surface area contributed by atoms with E-state index >= 15 is 0 Å². The van der Waals surface area contributed by atoms with Gasteiger partial charge in [-0.3, -0.25) is 0 Å². The zero-order valence-corrected chi connectivity index (χ0v) is 14.4. The van der Waals surface area contributed by atoms with Crippen LogP contribution in [0.2, 0.25) is 0 Å². The summed E-state index contributed by atoms with van der Waals surface area (Å²) in [7, 11) is 1.91. The van der Waals surface area contributed by atoms with Crippen molar-refractivity contribution >= 4 is 11.8 Å². The van der Waals surface area contributed by atoms with E-state index in [4.69, 9.17) is 9.47 Å². The molecule has 5 nitrogen and oxygen atoms in total. The van der Waals surface area contributed by atoms with Crippen LogP contribution in [0.25, 0.3) is 0 Å². The normalized spacial score (nSPS) is 16.0. The molecule has 128 valence electrons. The predicted molar refractivity (Wildman–Crippen MR) is 92.3 cm³/mol. The van der Waals surface area contributed by atoms with Crippen LogP contribution in [0.3, 0.4) is 0 Å². The highest BCUT2D eigenvalue weighted by atomic mass is 32.2. The first-order chi connectivity index (χ1) is 12.2. The summed E-state index contributed by atoms with van der Waals surface area (Å²) < 4.78 is 26.6. The average Bonchev–Trinajstić information content (AvgIpc) is 3.01. The molecule has 7 heteroatoms. The number of nitrogens with zero attached hydrogens (tertiary/aromatic N) is 3. The van der Waals surface area contributed by atoms with Crippen LogP contribution in [0.4, 0.5) is 4.39 Å². The molecule has 0 aliphatic carbocycles. The second kappa shape index (κ2) is 6.76. The standard InChI is InChI=1S/C18H16FN3O2S/c1-22-17(16-10-23-14-4-2-3-5-15(14)24-16)20-21-18(22)25-11-12-6-8-13(19)9-7-12/h2-9,16H,10-11H2,1H3/t16-/m0/s1. The van der Waals surface area contributed by atoms with Crippen LogP contribution in [0.1, 0.15) is 17.5 Å². The fraction of sp³-hybridized carbons (Fsp3) is 0.222. The molecule has 1 aromatic heterocycles. The Labute approximate surface area is 148 Å². The number of hydrogen-bond acceptors (Lipinski definition) is 5. The molecule has 0 radical (unpaired) electrons. The summed E-state index contributed by atoms with van der Waals surface area (Å²) in [5.74, 6) is 2.63. The molecule has 1 aliphatic heterocycles. The fourth-order valence-corrected chi connectivity index (χ4v) is 3.48. The molecular weight excluding hydrogens is 341 g/mol. The summed E-state index contributed by atoms with van der Waals surface area (Å²) in [5.41, 5.74) is 1.03. The molecular formula is C18H16FN3O2S. The van der Waals surface area contributed by atoms with Gasteiger partial charge in [0.15, 0.2) is 28.6 Å². The molecule has 0 unspecified atom stereocenters. The number of fused-ring (bicyclic) bond motifs is 1. The molecule has 25 heavy (non-hydrogen) atoms. The lowest BCUT2D eigenvalue weighted by atomic mass is 10.2. The monoisotopic (exact) mass is 357 g/mol. The summed E-state index contributed by atoms with van der Waals surface area (Å²) in [6.45, 7) is 0.394. The largest absolute Gasteiger partial charge is 0.485 e. The number of rotatable bonds is 4. The lowest BCUT2D eigenvalue weighted by molar-refractivity contribution is 0.0825. The molecule has 4 rings (SSSR count). The summed E-state index contributed by atoms with van der Waals surface area (Å²) in [6.07, 6.45) is -0.299. The fourth-order valence-electron chi connectivity index (χ4n) is 2.61. The van der Waals surface area contributed by atoms with Crippen LogP contribution >= 0.6 is 11.8 Å². The Balaban J connectivity index is 1.47. The number of benzene rings is 2. The van der Waals surface area contributed by atoms with Crippen molar-refractivity contribution in [3.05, 3.63) is 65.7 Å². The number of ether oxygens (including phenoxy) is 2. The van der Waals surface area contributed by atoms with Crippen molar-refractivity contribution in [3.63, 3.8) is 0 Å². The molecule has 1 aliphatic rings. The Kier molecular flexibility index (Phi) is 4.31. The van der Waals surface area contributed by atoms with Crippen LogP contribution in [0, 0.1) is 5.82 Å². The molecule has 2 heterocycles. The number of thioether (sulfide) groups is 1. The Hall–Kier alpha value is -2.54. The molecule has 0 spiro atoms. The molecule has 0 saturated carbocycles. The highest BCUT2D eigenvalue weighted by molar-refractivity contribution is 7.98. The number of hydrogen-bond donors (Lipinski definition) is 0. The van der Waals surface area contributed by atoms with Gasteiger partial charge in [-0.25, -0.2) is 4.39 Å². The Morgan fingerprint density at radius 1 is 1.12 bits per heavy atom. The molecule has 0 bridgehead atoms. The lowest BCUT2D eigenvalue weighted by Crippen LogP contribution is -2.24. The van der Waals surface area contributed by atoms with Gasteiger partial charge in [0, 0.05) is 12.8 Å². The van der Waals surface area contributed by atoms with Crippen molar-refractivity contribution < 1.29 is 13.9 Å². The van der Waals surface area contributed by atoms with Gasteiger partial charge < -0.3 is 14.0 Å². The van der Waals surface area contributed by atoms with Crippen molar-refractivity contribution in [2.24, 2.45) is 7.05 Å². The zero-order valence-electron chi connectivity index (χ0n) is 13.6. The van der Waals surface area contributed by atoms with E-state index in [-0.39, 0.29) is 11.9 Å². The molecule has 1 atom stereocenters. The van der Waals surface area contributed by atoms with Gasteiger partial charge >= 0.3 is 0 Å². The highest BCUT2D eigenvalue weighted by Crippen LogP contribution is 2.36. The van der Waals surface area contributed by atoms with E-state index in [2.05, 4.69) is 10.2 Å². The quantitative estimate of drug-likeness (QED) is 0.666. The van der Waals surface area contributed by atoms with Crippen LogP contribution in [0.5, 0.6) is 11.5 Å². The number of aromatic nitrogens is 3. The first-order valence-corrected chi connectivity index (χ1v) is 8.84. The molecule has 0 amide bonds. The van der Waals surface area contributed by atoms with Crippen molar-refractivity contribution in [1.29, 1.82) is 0 Å². The van der Waals surface area contributed by atoms with E-state index in [1.807, 2.05) is 35.9 Å². The average molecular weight is 357 g/mol. The molecule has 0 saturated heterocycles. The first-order valence-electron chi connectivity index (χ1n) is 7.86. The number of para-hydroxylation sites is 2. The van der Waals surface area contributed by atoms with E-state index in [9.17, 15) is 4.39 Å². The SMILES string of the molecule is Cn1c(SCc2ccc(F)cc2)nnc1[C@@H]1COc2ccccc2O1. The Morgan fingerprint density at radius 3 is 2.68 bits per heavy atom. The summed E-state index contributed by atoms with van der Waals surface area (Å²) in [5, 5.41) is 9.29. The minimum Gasteiger partial charge on any atom is -0.485 e. The summed E-state index contributed by atoms with van der Waals surface area (Å²) in [6, 6.07) is 14.0. The summed E-state index contributed by atoms with van der Waals surface area (Å²) >= 11 is 1.55. The second-order valence-corrected chi connectivity index (χ2v) is 6.62. The predicted octanol–water partition coefficient (Wildman–Crippen LogP) is 3.76. The van der Waals surface area contributed by atoms with Gasteiger partial charge in [0.05, 0.1) is 0 Å². The van der Waals surface area contributed by atoms with Crippen LogP contribution < -0.4 is 9.47 Å². The highest BCUT2D eigenvalue weighted by Gasteiger charge is 2.27. The molecule has 0 fully saturated rings. The van der Waals surface area contributed by atoms with Crippen LogP contribution in [0.15, 0.2) is 53.7 Å². The van der Waals surface area contributed by atoms with Gasteiger partial charge in [-0.15, -0.1) is 10.2 Å². The van der Waals surface area contributed by atoms with Gasteiger partial charge in [-0.2, -0.15) is 0 Å². The summed E-state index contributed by atoms with van der Waals surface area (Å²) in [4.78, 5) is 0. The van der Waals surface area contributed by atoms with E-state index < -0.39 is 0 Å². The van der Waals surface area contributed by atoms with E-state index in [1.54, 1.807) is 23.9 Å². The van der Waals surface area contributed by atoms with Crippen molar-refractivity contribution in [2.75, 3.05) is 6.61 Å². The molecule has 0 N–H and O–H groups in total. The third-order valence-corrected chi connectivity index (χ3v) is 5.04. The topological polar surface area (TPSA) is 49.2 Å². The third kappa shape index (κ3) is 3.32. The Morgan fingerprint density at radius 2 is 1.88 bits per heavy atom. The van der Waals surface area contributed by atoms with Gasteiger partial charge in [0.1, 0.15) is 12.4 Å².